The molecule has 59 heavy (non-hydrogen) atoms. The number of benzene rings is 2. The lowest BCUT2D eigenvalue weighted by Gasteiger charge is -2.24. The number of alkyl halides is 1. The molecule has 0 saturated carbocycles. The lowest BCUT2D eigenvalue weighted by Crippen LogP contribution is -2.36. The van der Waals surface area contributed by atoms with E-state index in [2.05, 4.69) is 45.3 Å². The number of hydrogen-bond donors (Lipinski definition) is 3. The number of methoxy groups -OCH3 is 2. The van der Waals surface area contributed by atoms with Crippen LogP contribution in [0, 0.1) is 0 Å². The van der Waals surface area contributed by atoms with Crippen LogP contribution in [0.15, 0.2) is 60.9 Å². The number of esters is 2. The normalized spacial score (nSPS) is 10.7. The van der Waals surface area contributed by atoms with E-state index in [1.165, 1.54) is 43.6 Å². The highest BCUT2D eigenvalue weighted by Crippen LogP contribution is 2.24. The van der Waals surface area contributed by atoms with Crippen molar-refractivity contribution in [3.63, 3.8) is 0 Å². The zero-order valence-corrected chi connectivity index (χ0v) is 36.5. The van der Waals surface area contributed by atoms with Crippen molar-refractivity contribution in [1.29, 1.82) is 0 Å². The van der Waals surface area contributed by atoms with Crippen molar-refractivity contribution in [2.24, 2.45) is 0 Å². The third kappa shape index (κ3) is 17.0. The maximum atomic E-state index is 12.0. The SMILES string of the molecule is CN(CCBr)C(=O)OC(C)(C)C.COC(=O)c1nc(-c2cccc(O)c2)cnc1N.COC(=O)c1nc(-c2cccc(OCCN(C)C(=O)OC(C)(C)C)c2)cnc1N. The van der Waals surface area contributed by atoms with Gasteiger partial charge in [0.25, 0.3) is 0 Å². The molecule has 0 spiro atoms. The summed E-state index contributed by atoms with van der Waals surface area (Å²) < 4.78 is 25.4. The minimum atomic E-state index is -0.658. The van der Waals surface area contributed by atoms with E-state index < -0.39 is 29.2 Å². The number of phenols is 1. The minimum Gasteiger partial charge on any atom is -0.508 e. The van der Waals surface area contributed by atoms with Gasteiger partial charge < -0.3 is 50.1 Å². The first kappa shape index (κ1) is 48.9. The van der Waals surface area contributed by atoms with Gasteiger partial charge in [-0.1, -0.05) is 40.2 Å². The van der Waals surface area contributed by atoms with Crippen molar-refractivity contribution < 1.29 is 48.0 Å². The number of aromatic nitrogens is 4. The van der Waals surface area contributed by atoms with Crippen molar-refractivity contribution in [2.75, 3.05) is 64.8 Å². The molecule has 19 heteroatoms. The molecular formula is C40H53BrN8O10. The predicted octanol–water partition coefficient (Wildman–Crippen LogP) is 6.22. The fourth-order valence-corrected chi connectivity index (χ4v) is 4.80. The van der Waals surface area contributed by atoms with E-state index in [1.54, 1.807) is 55.4 Å². The Balaban J connectivity index is 0.000000339. The number of phenolic OH excluding ortho intramolecular Hbond substituents is 1. The fraction of sp³-hybridized carbons (Fsp3) is 0.400. The van der Waals surface area contributed by atoms with Crippen LogP contribution < -0.4 is 16.2 Å². The summed E-state index contributed by atoms with van der Waals surface area (Å²) in [6, 6.07) is 13.6. The summed E-state index contributed by atoms with van der Waals surface area (Å²) in [5, 5.41) is 10.2. The summed E-state index contributed by atoms with van der Waals surface area (Å²) in [4.78, 5) is 65.6. The summed E-state index contributed by atoms with van der Waals surface area (Å²) in [6.45, 7) is 12.3. The Hall–Kier alpha value is -6.24. The first-order valence-electron chi connectivity index (χ1n) is 18.0. The van der Waals surface area contributed by atoms with Gasteiger partial charge in [-0.05, 0) is 65.8 Å². The number of aromatic hydroxyl groups is 1. The molecule has 4 rings (SSSR count). The number of nitrogens with zero attached hydrogens (tertiary/aromatic N) is 6. The highest BCUT2D eigenvalue weighted by Gasteiger charge is 2.21. The van der Waals surface area contributed by atoms with Gasteiger partial charge in [0, 0.05) is 37.1 Å². The molecular weight excluding hydrogens is 832 g/mol. The third-order valence-electron chi connectivity index (χ3n) is 7.16. The Morgan fingerprint density at radius 3 is 1.58 bits per heavy atom. The molecule has 18 nitrogen and oxygen atoms in total. The topological polar surface area (TPSA) is 245 Å². The number of halogens is 1. The molecule has 0 aliphatic rings. The first-order chi connectivity index (χ1) is 27.6. The summed E-state index contributed by atoms with van der Waals surface area (Å²) in [5.74, 6) is -0.621. The second-order valence-electron chi connectivity index (χ2n) is 14.4. The number of carbonyl (C=O) groups excluding carboxylic acids is 4. The van der Waals surface area contributed by atoms with E-state index in [-0.39, 0.29) is 41.5 Å². The molecule has 5 N–H and O–H groups in total. The third-order valence-corrected chi connectivity index (χ3v) is 7.51. The Kier molecular flexibility index (Phi) is 18.8. The van der Waals surface area contributed by atoms with Gasteiger partial charge in [-0.15, -0.1) is 0 Å². The average molecular weight is 886 g/mol. The van der Waals surface area contributed by atoms with Crippen molar-refractivity contribution >= 4 is 51.7 Å². The monoisotopic (exact) mass is 884 g/mol. The maximum Gasteiger partial charge on any atom is 0.410 e. The van der Waals surface area contributed by atoms with E-state index in [1.807, 2.05) is 41.5 Å². The molecule has 2 aromatic heterocycles. The Morgan fingerprint density at radius 2 is 1.15 bits per heavy atom. The Labute approximate surface area is 352 Å². The second kappa shape index (κ2) is 22.6. The minimum absolute atomic E-state index is 0.00168. The number of carbonyl (C=O) groups is 4. The molecule has 0 radical (unpaired) electrons. The molecule has 320 valence electrons. The van der Waals surface area contributed by atoms with Crippen molar-refractivity contribution in [1.82, 2.24) is 29.7 Å². The number of anilines is 2. The summed E-state index contributed by atoms with van der Waals surface area (Å²) in [5.41, 5.74) is 12.4. The maximum absolute atomic E-state index is 12.0. The van der Waals surface area contributed by atoms with Crippen LogP contribution in [0.5, 0.6) is 11.5 Å². The molecule has 0 atom stereocenters. The lowest BCUT2D eigenvalue weighted by molar-refractivity contribution is 0.0275. The molecule has 2 amide bonds. The van der Waals surface area contributed by atoms with Gasteiger partial charge in [0.05, 0.1) is 44.5 Å². The van der Waals surface area contributed by atoms with E-state index in [4.69, 9.17) is 25.7 Å². The van der Waals surface area contributed by atoms with Crippen LogP contribution in [-0.4, -0.2) is 124 Å². The van der Waals surface area contributed by atoms with Gasteiger partial charge in [-0.3, -0.25) is 0 Å². The Morgan fingerprint density at radius 1 is 0.712 bits per heavy atom. The quantitative estimate of drug-likeness (QED) is 0.0908. The molecule has 0 aliphatic carbocycles. The predicted molar refractivity (Wildman–Crippen MR) is 225 cm³/mol. The second-order valence-corrected chi connectivity index (χ2v) is 15.2. The van der Waals surface area contributed by atoms with E-state index >= 15 is 0 Å². The number of nitrogens with two attached hydrogens (primary N) is 2. The van der Waals surface area contributed by atoms with Crippen molar-refractivity contribution in [3.05, 3.63) is 72.3 Å². The van der Waals surface area contributed by atoms with Crippen LogP contribution in [-0.2, 0) is 18.9 Å². The molecule has 2 heterocycles. The molecule has 0 unspecified atom stereocenters. The van der Waals surface area contributed by atoms with Gasteiger partial charge in [0.15, 0.2) is 23.0 Å². The van der Waals surface area contributed by atoms with Crippen LogP contribution in [0.25, 0.3) is 22.5 Å². The van der Waals surface area contributed by atoms with E-state index in [9.17, 15) is 24.3 Å². The van der Waals surface area contributed by atoms with Gasteiger partial charge in [0.1, 0.15) is 29.3 Å². The number of hydrogen-bond acceptors (Lipinski definition) is 16. The standard InChI is InChI=1S/C20H26N4O5.C12H11N3O3.C8H16BrNO2/c1-20(2,3)29-19(26)24(4)9-10-28-14-8-6-7-13(11-14)15-12-22-17(21)16(23-15)18(25)27-5;1-18-12(17)10-11(13)14-6-9(15-10)7-3-2-4-8(16)5-7;1-8(2,3)12-7(11)10(4)6-5-9/h6-8,11-12H,9-10H2,1-5H3,(H2,21,22);2-6,16H,1H3,(H2,13,14);5-6H2,1-4H3. The highest BCUT2D eigenvalue weighted by molar-refractivity contribution is 9.09. The molecule has 0 fully saturated rings. The summed E-state index contributed by atoms with van der Waals surface area (Å²) >= 11 is 3.25. The van der Waals surface area contributed by atoms with Crippen molar-refractivity contribution in [2.45, 2.75) is 52.7 Å². The number of nitrogen functional groups attached to an aromatic ring is 2. The van der Waals surface area contributed by atoms with Crippen LogP contribution in [0.4, 0.5) is 21.2 Å². The molecule has 0 saturated heterocycles. The zero-order valence-electron chi connectivity index (χ0n) is 34.9. The van der Waals surface area contributed by atoms with Crippen LogP contribution in [0.1, 0.15) is 62.5 Å². The lowest BCUT2D eigenvalue weighted by atomic mass is 10.1. The van der Waals surface area contributed by atoms with Crippen LogP contribution in [0.2, 0.25) is 0 Å². The molecule has 0 bridgehead atoms. The molecule has 2 aromatic carbocycles. The number of likely N-dealkylation sites (N-methyl/N-ethyl adjacent to an activating group) is 1. The van der Waals surface area contributed by atoms with Gasteiger partial charge in [0.2, 0.25) is 0 Å². The first-order valence-corrected chi connectivity index (χ1v) is 19.1. The van der Waals surface area contributed by atoms with Gasteiger partial charge in [-0.25, -0.2) is 39.1 Å². The highest BCUT2D eigenvalue weighted by atomic mass is 79.9. The Bertz CT molecular complexity index is 2040. The van der Waals surface area contributed by atoms with Gasteiger partial charge >= 0.3 is 24.1 Å². The smallest absolute Gasteiger partial charge is 0.410 e. The van der Waals surface area contributed by atoms with Crippen molar-refractivity contribution in [3.8, 4) is 34.0 Å². The van der Waals surface area contributed by atoms with E-state index in [0.29, 0.717) is 41.4 Å². The summed E-state index contributed by atoms with van der Waals surface area (Å²) in [7, 11) is 5.85. The zero-order chi connectivity index (χ0) is 44.5. The van der Waals surface area contributed by atoms with Crippen LogP contribution in [0.3, 0.4) is 0 Å². The van der Waals surface area contributed by atoms with E-state index in [0.717, 1.165) is 5.33 Å². The van der Waals surface area contributed by atoms with Crippen LogP contribution >= 0.6 is 15.9 Å². The number of amides is 2. The molecule has 0 aliphatic heterocycles. The number of ether oxygens (including phenoxy) is 5. The largest absolute Gasteiger partial charge is 0.508 e. The summed E-state index contributed by atoms with van der Waals surface area (Å²) in [6.07, 6.45) is 2.21. The van der Waals surface area contributed by atoms with Gasteiger partial charge in [-0.2, -0.15) is 0 Å². The number of rotatable bonds is 10. The average Bonchev–Trinajstić information content (AvgIpc) is 3.17. The fourth-order valence-electron chi connectivity index (χ4n) is 4.27. The molecule has 4 aromatic rings.